The molecule has 0 aliphatic heterocycles. The Morgan fingerprint density at radius 2 is 1.89 bits per heavy atom. The van der Waals surface area contributed by atoms with Gasteiger partial charge in [0.1, 0.15) is 0 Å². The van der Waals surface area contributed by atoms with Crippen LogP contribution >= 0.6 is 24.0 Å². The van der Waals surface area contributed by atoms with Crippen molar-refractivity contribution in [1.82, 2.24) is 5.32 Å². The normalized spacial score (nSPS) is 24.3. The van der Waals surface area contributed by atoms with Crippen LogP contribution in [0.1, 0.15) is 44.9 Å². The van der Waals surface area contributed by atoms with E-state index in [0.29, 0.717) is 4.99 Å². The molecule has 0 bridgehead atoms. The van der Waals surface area contributed by atoms with Crippen LogP contribution < -0.4 is 11.1 Å². The predicted molar refractivity (Wildman–Crippen MR) is 80.8 cm³/mol. The van der Waals surface area contributed by atoms with Crippen molar-refractivity contribution < 1.29 is 4.79 Å². The molecule has 0 unspecified atom stereocenters. The first-order valence-corrected chi connectivity index (χ1v) is 8.31. The van der Waals surface area contributed by atoms with E-state index in [1.807, 2.05) is 11.8 Å². The number of hydrogen-bond acceptors (Lipinski definition) is 3. The summed E-state index contributed by atoms with van der Waals surface area (Å²) in [5.74, 6) is 0.0500. The number of thiocarbonyl (C=S) groups is 1. The van der Waals surface area contributed by atoms with Crippen LogP contribution in [-0.2, 0) is 4.79 Å². The summed E-state index contributed by atoms with van der Waals surface area (Å²) in [6, 6.07) is 0. The van der Waals surface area contributed by atoms with E-state index >= 15 is 0 Å². The first kappa shape index (κ1) is 14.1. The summed E-state index contributed by atoms with van der Waals surface area (Å²) in [6.45, 7) is 0.761. The number of carbonyl (C=O) groups excluding carboxylic acids is 1. The molecule has 2 fully saturated rings. The molecule has 3 nitrogen and oxygen atoms in total. The third kappa shape index (κ3) is 2.67. The lowest BCUT2D eigenvalue weighted by Gasteiger charge is -2.36. The maximum absolute atomic E-state index is 12.2. The number of rotatable bonds is 5. The molecule has 0 atom stereocenters. The molecule has 0 aromatic heterocycles. The van der Waals surface area contributed by atoms with Gasteiger partial charge in [0.25, 0.3) is 0 Å². The molecule has 102 valence electrons. The molecular weight excluding hydrogens is 264 g/mol. The van der Waals surface area contributed by atoms with Gasteiger partial charge in [-0.3, -0.25) is 4.79 Å². The number of nitrogens with one attached hydrogen (secondary N) is 1. The largest absolute Gasteiger partial charge is 0.392 e. The Morgan fingerprint density at radius 1 is 1.28 bits per heavy atom. The van der Waals surface area contributed by atoms with Crippen LogP contribution in [0.25, 0.3) is 0 Å². The summed E-state index contributed by atoms with van der Waals surface area (Å²) in [7, 11) is 0. The van der Waals surface area contributed by atoms with Crippen LogP contribution in [0.3, 0.4) is 0 Å². The Bertz CT molecular complexity index is 347. The lowest BCUT2D eigenvalue weighted by atomic mass is 9.88. The van der Waals surface area contributed by atoms with Gasteiger partial charge in [-0.25, -0.2) is 0 Å². The Balaban J connectivity index is 1.90. The number of carbonyl (C=O) groups is 1. The van der Waals surface area contributed by atoms with Crippen LogP contribution in [-0.4, -0.2) is 28.4 Å². The Hall–Kier alpha value is -0.290. The van der Waals surface area contributed by atoms with Gasteiger partial charge < -0.3 is 11.1 Å². The zero-order chi connectivity index (χ0) is 13.2. The fourth-order valence-electron chi connectivity index (χ4n) is 2.77. The molecule has 5 heteroatoms. The summed E-state index contributed by atoms with van der Waals surface area (Å²) in [4.78, 5) is 12.5. The quantitative estimate of drug-likeness (QED) is 0.761. The van der Waals surface area contributed by atoms with Crippen molar-refractivity contribution >= 4 is 34.9 Å². The van der Waals surface area contributed by atoms with E-state index in [4.69, 9.17) is 18.0 Å². The van der Waals surface area contributed by atoms with Crippen molar-refractivity contribution in [3.8, 4) is 0 Å². The number of nitrogens with two attached hydrogens (primary N) is 1. The molecule has 2 saturated carbocycles. The van der Waals surface area contributed by atoms with Crippen molar-refractivity contribution in [3.05, 3.63) is 0 Å². The van der Waals surface area contributed by atoms with Crippen molar-refractivity contribution in [2.24, 2.45) is 11.1 Å². The van der Waals surface area contributed by atoms with Crippen molar-refractivity contribution in [3.63, 3.8) is 0 Å². The molecule has 0 radical (unpaired) electrons. The minimum atomic E-state index is -0.510. The average molecular weight is 286 g/mol. The maximum atomic E-state index is 12.2. The number of thioether (sulfide) groups is 1. The van der Waals surface area contributed by atoms with Crippen LogP contribution in [0.4, 0.5) is 0 Å². The summed E-state index contributed by atoms with van der Waals surface area (Å²) < 4.78 is 0.236. The van der Waals surface area contributed by atoms with Crippen LogP contribution in [0.15, 0.2) is 0 Å². The highest BCUT2D eigenvalue weighted by Gasteiger charge is 2.53. The van der Waals surface area contributed by atoms with Gasteiger partial charge in [0.05, 0.1) is 10.4 Å². The Labute approximate surface area is 119 Å². The second-order valence-corrected chi connectivity index (χ2v) is 7.29. The SMILES string of the molecule is CSC1(CNC(=O)C2(C(N)=S)CC2)CCCCC1. The zero-order valence-corrected chi connectivity index (χ0v) is 12.6. The highest BCUT2D eigenvalue weighted by molar-refractivity contribution is 8.00. The number of hydrogen-bond donors (Lipinski definition) is 2. The van der Waals surface area contributed by atoms with E-state index in [0.717, 1.165) is 19.4 Å². The third-order valence-electron chi connectivity index (χ3n) is 4.43. The fraction of sp³-hybridized carbons (Fsp3) is 0.846. The van der Waals surface area contributed by atoms with Gasteiger partial charge in [0.15, 0.2) is 0 Å². The molecule has 2 rings (SSSR count). The van der Waals surface area contributed by atoms with Gasteiger partial charge in [-0.2, -0.15) is 11.8 Å². The van der Waals surface area contributed by atoms with E-state index in [1.165, 1.54) is 32.1 Å². The van der Waals surface area contributed by atoms with E-state index in [-0.39, 0.29) is 10.7 Å². The minimum Gasteiger partial charge on any atom is -0.392 e. The summed E-state index contributed by atoms with van der Waals surface area (Å²) in [5, 5.41) is 3.10. The molecule has 1 amide bonds. The molecule has 18 heavy (non-hydrogen) atoms. The van der Waals surface area contributed by atoms with Crippen LogP contribution in [0.2, 0.25) is 0 Å². The van der Waals surface area contributed by atoms with Crippen LogP contribution in [0.5, 0.6) is 0 Å². The molecule has 0 spiro atoms. The van der Waals surface area contributed by atoms with E-state index in [9.17, 15) is 4.79 Å². The zero-order valence-electron chi connectivity index (χ0n) is 11.0. The highest BCUT2D eigenvalue weighted by Crippen LogP contribution is 2.46. The third-order valence-corrected chi connectivity index (χ3v) is 6.23. The highest BCUT2D eigenvalue weighted by atomic mass is 32.2. The summed E-state index contributed by atoms with van der Waals surface area (Å²) in [5.41, 5.74) is 5.16. The van der Waals surface area contributed by atoms with Crippen molar-refractivity contribution in [2.75, 3.05) is 12.8 Å². The lowest BCUT2D eigenvalue weighted by Crippen LogP contribution is -2.46. The first-order chi connectivity index (χ1) is 8.55. The van der Waals surface area contributed by atoms with Gasteiger partial charge in [0.2, 0.25) is 5.91 Å². The van der Waals surface area contributed by atoms with E-state index in [1.54, 1.807) is 0 Å². The fourth-order valence-corrected chi connectivity index (χ4v) is 3.98. The molecule has 0 heterocycles. The van der Waals surface area contributed by atoms with Gasteiger partial charge in [-0.05, 0) is 31.9 Å². The Kier molecular flexibility index (Phi) is 4.22. The second kappa shape index (κ2) is 5.37. The second-order valence-electron chi connectivity index (χ2n) is 5.58. The molecular formula is C13H22N2OS2. The lowest BCUT2D eigenvalue weighted by molar-refractivity contribution is -0.124. The first-order valence-electron chi connectivity index (χ1n) is 6.68. The monoisotopic (exact) mass is 286 g/mol. The minimum absolute atomic E-state index is 0.0500. The molecule has 0 aromatic rings. The molecule has 0 saturated heterocycles. The van der Waals surface area contributed by atoms with Gasteiger partial charge in [-0.1, -0.05) is 31.5 Å². The van der Waals surface area contributed by atoms with E-state index < -0.39 is 5.41 Å². The van der Waals surface area contributed by atoms with Gasteiger partial charge in [-0.15, -0.1) is 0 Å². The van der Waals surface area contributed by atoms with E-state index in [2.05, 4.69) is 11.6 Å². The van der Waals surface area contributed by atoms with Gasteiger partial charge >= 0.3 is 0 Å². The molecule has 0 aromatic carbocycles. The summed E-state index contributed by atoms with van der Waals surface area (Å²) >= 11 is 6.90. The Morgan fingerprint density at radius 3 is 2.33 bits per heavy atom. The topological polar surface area (TPSA) is 55.1 Å². The summed E-state index contributed by atoms with van der Waals surface area (Å²) in [6.07, 6.45) is 10.1. The standard InChI is InChI=1S/C13H22N2OS2/c1-18-12(5-3-2-4-6-12)9-15-11(16)13(7-8-13)10(14)17/h2-9H2,1H3,(H2,14,17)(H,15,16). The molecule has 2 aliphatic rings. The van der Waals surface area contributed by atoms with Crippen molar-refractivity contribution in [2.45, 2.75) is 49.7 Å². The van der Waals surface area contributed by atoms with Crippen LogP contribution in [0, 0.1) is 5.41 Å². The van der Waals surface area contributed by atoms with Crippen molar-refractivity contribution in [1.29, 1.82) is 0 Å². The smallest absolute Gasteiger partial charge is 0.233 e. The number of amides is 1. The predicted octanol–water partition coefficient (Wildman–Crippen LogP) is 2.23. The average Bonchev–Trinajstić information content (AvgIpc) is 3.18. The molecule has 2 aliphatic carbocycles. The molecule has 3 N–H and O–H groups in total. The van der Waals surface area contributed by atoms with Gasteiger partial charge in [0, 0.05) is 11.3 Å². The maximum Gasteiger partial charge on any atom is 0.233 e.